The number of carbonyl (C=O) groups excluding carboxylic acids is 2. The van der Waals surface area contributed by atoms with Crippen LogP contribution in [-0.4, -0.2) is 44.3 Å². The molecule has 4 rings (SSSR count). The fourth-order valence-corrected chi connectivity index (χ4v) is 6.55. The summed E-state index contributed by atoms with van der Waals surface area (Å²) >= 11 is 3.46. The van der Waals surface area contributed by atoms with Gasteiger partial charge in [0.1, 0.15) is 12.6 Å². The molecule has 0 aliphatic heterocycles. The van der Waals surface area contributed by atoms with Crippen molar-refractivity contribution in [3.8, 4) is 0 Å². The first-order valence-electron chi connectivity index (χ1n) is 14.2. The van der Waals surface area contributed by atoms with E-state index in [0.29, 0.717) is 17.8 Å². The quantitative estimate of drug-likeness (QED) is 0.187. The van der Waals surface area contributed by atoms with Crippen LogP contribution in [-0.2, 0) is 32.6 Å². The van der Waals surface area contributed by atoms with Crippen molar-refractivity contribution in [2.75, 3.05) is 17.4 Å². The van der Waals surface area contributed by atoms with E-state index in [0.717, 1.165) is 26.3 Å². The molecule has 7 nitrogen and oxygen atoms in total. The van der Waals surface area contributed by atoms with Crippen LogP contribution in [0.1, 0.15) is 30.0 Å². The summed E-state index contributed by atoms with van der Waals surface area (Å²) in [6.07, 6.45) is 1.01. The number of para-hydroxylation sites is 1. The Kier molecular flexibility index (Phi) is 11.1. The Bertz CT molecular complexity index is 1610. The van der Waals surface area contributed by atoms with E-state index in [1.54, 1.807) is 30.3 Å². The number of hydrogen-bond acceptors (Lipinski definition) is 4. The number of nitrogens with zero attached hydrogens (tertiary/aromatic N) is 2. The molecule has 0 radical (unpaired) electrons. The summed E-state index contributed by atoms with van der Waals surface area (Å²) in [5.41, 5.74) is 2.81. The Morgan fingerprint density at radius 1 is 0.814 bits per heavy atom. The van der Waals surface area contributed by atoms with Gasteiger partial charge >= 0.3 is 0 Å². The summed E-state index contributed by atoms with van der Waals surface area (Å²) in [5.74, 6) is -0.775. The normalized spacial score (nSPS) is 11.9. The van der Waals surface area contributed by atoms with E-state index >= 15 is 0 Å². The molecule has 0 heterocycles. The highest BCUT2D eigenvalue weighted by atomic mass is 79.9. The molecule has 0 spiro atoms. The summed E-state index contributed by atoms with van der Waals surface area (Å²) < 4.78 is 30.1. The first-order chi connectivity index (χ1) is 20.7. The number of benzene rings is 4. The van der Waals surface area contributed by atoms with Crippen LogP contribution in [0.2, 0.25) is 0 Å². The average Bonchev–Trinajstić information content (AvgIpc) is 3.02. The van der Waals surface area contributed by atoms with Gasteiger partial charge in [0.2, 0.25) is 11.8 Å². The number of amides is 2. The van der Waals surface area contributed by atoms with E-state index in [9.17, 15) is 18.0 Å². The zero-order chi connectivity index (χ0) is 30.8. The van der Waals surface area contributed by atoms with Crippen molar-refractivity contribution in [2.24, 2.45) is 0 Å². The first-order valence-corrected chi connectivity index (χ1v) is 16.4. The van der Waals surface area contributed by atoms with Gasteiger partial charge in [-0.2, -0.15) is 0 Å². The van der Waals surface area contributed by atoms with Gasteiger partial charge < -0.3 is 10.2 Å². The van der Waals surface area contributed by atoms with Gasteiger partial charge in [-0.05, 0) is 60.4 Å². The van der Waals surface area contributed by atoms with Crippen LogP contribution >= 0.6 is 15.9 Å². The third-order valence-electron chi connectivity index (χ3n) is 7.08. The smallest absolute Gasteiger partial charge is 0.264 e. The van der Waals surface area contributed by atoms with E-state index in [1.807, 2.05) is 80.6 Å². The molecule has 0 saturated heterocycles. The molecule has 0 saturated carbocycles. The van der Waals surface area contributed by atoms with Crippen molar-refractivity contribution in [1.29, 1.82) is 0 Å². The van der Waals surface area contributed by atoms with E-state index in [2.05, 4.69) is 21.2 Å². The van der Waals surface area contributed by atoms with Gasteiger partial charge in [-0.1, -0.05) is 102 Å². The van der Waals surface area contributed by atoms with Crippen molar-refractivity contribution in [3.63, 3.8) is 0 Å². The number of carbonyl (C=O) groups is 2. The monoisotopic (exact) mass is 661 g/mol. The predicted octanol–water partition coefficient (Wildman–Crippen LogP) is 6.12. The number of sulfonamides is 1. The second kappa shape index (κ2) is 15.0. The van der Waals surface area contributed by atoms with E-state index in [-0.39, 0.29) is 23.8 Å². The maximum Gasteiger partial charge on any atom is 0.264 e. The number of hydrogen-bond donors (Lipinski definition) is 1. The minimum Gasteiger partial charge on any atom is -0.354 e. The zero-order valence-electron chi connectivity index (χ0n) is 24.3. The Morgan fingerprint density at radius 3 is 2.05 bits per heavy atom. The van der Waals surface area contributed by atoms with Gasteiger partial charge in [-0.25, -0.2) is 8.42 Å². The van der Waals surface area contributed by atoms with Crippen molar-refractivity contribution in [3.05, 3.63) is 130 Å². The molecule has 4 aromatic rings. The van der Waals surface area contributed by atoms with Gasteiger partial charge in [0.05, 0.1) is 10.6 Å². The van der Waals surface area contributed by atoms with Crippen LogP contribution in [0.3, 0.4) is 0 Å². The molecule has 1 atom stereocenters. The zero-order valence-corrected chi connectivity index (χ0v) is 26.7. The molecular weight excluding hydrogens is 626 g/mol. The van der Waals surface area contributed by atoms with Gasteiger partial charge in [-0.3, -0.25) is 13.9 Å². The minimum absolute atomic E-state index is 0.0760. The highest BCUT2D eigenvalue weighted by Crippen LogP contribution is 2.27. The second-order valence-electron chi connectivity index (χ2n) is 10.3. The Labute approximate surface area is 262 Å². The molecule has 0 bridgehead atoms. The van der Waals surface area contributed by atoms with Gasteiger partial charge in [-0.15, -0.1) is 0 Å². The first kappa shape index (κ1) is 32.0. The molecule has 9 heteroatoms. The lowest BCUT2D eigenvalue weighted by Crippen LogP contribution is -2.53. The summed E-state index contributed by atoms with van der Waals surface area (Å²) in [6.45, 7) is 3.87. The molecule has 43 heavy (non-hydrogen) atoms. The molecule has 0 aromatic heterocycles. The highest BCUT2D eigenvalue weighted by molar-refractivity contribution is 9.10. The molecule has 224 valence electrons. The van der Waals surface area contributed by atoms with Crippen molar-refractivity contribution >= 4 is 43.5 Å². The number of rotatable bonds is 13. The Hall–Kier alpha value is -3.95. The number of anilines is 1. The van der Waals surface area contributed by atoms with Crippen LogP contribution in [0.4, 0.5) is 5.69 Å². The van der Waals surface area contributed by atoms with Gasteiger partial charge in [0.25, 0.3) is 10.0 Å². The fourth-order valence-electron chi connectivity index (χ4n) is 4.78. The lowest BCUT2D eigenvalue weighted by molar-refractivity contribution is -0.140. The molecule has 2 amide bonds. The molecule has 0 unspecified atom stereocenters. The van der Waals surface area contributed by atoms with Crippen LogP contribution in [0, 0.1) is 6.92 Å². The maximum atomic E-state index is 14.4. The fraction of sp³-hybridized carbons (Fsp3) is 0.235. The number of nitrogens with one attached hydrogen (secondary N) is 1. The average molecular weight is 663 g/mol. The molecule has 0 fully saturated rings. The van der Waals surface area contributed by atoms with Crippen LogP contribution < -0.4 is 9.62 Å². The van der Waals surface area contributed by atoms with E-state index in [1.165, 1.54) is 17.0 Å². The molecule has 1 N–H and O–H groups in total. The van der Waals surface area contributed by atoms with Crippen molar-refractivity contribution in [1.82, 2.24) is 10.2 Å². The van der Waals surface area contributed by atoms with Gasteiger partial charge in [0.15, 0.2) is 0 Å². The van der Waals surface area contributed by atoms with Gasteiger partial charge in [0, 0.05) is 24.0 Å². The molecule has 4 aromatic carbocycles. The largest absolute Gasteiger partial charge is 0.354 e. The predicted molar refractivity (Wildman–Crippen MR) is 174 cm³/mol. The Balaban J connectivity index is 1.79. The lowest BCUT2D eigenvalue weighted by Gasteiger charge is -2.34. The standard InChI is InChI=1S/C34H36BrN3O4S/c1-3-22-36-34(40)32(23-27-13-6-4-7-14-27)37(24-28-18-20-29(35)21-19-28)33(39)25-38(31-17-11-10-12-26(31)2)43(41,42)30-15-8-5-9-16-30/h4-21,32H,3,22-25H2,1-2H3,(H,36,40)/t32-/m0/s1. The maximum absolute atomic E-state index is 14.4. The van der Waals surface area contributed by atoms with Crippen LogP contribution in [0.15, 0.2) is 119 Å². The Morgan fingerprint density at radius 2 is 1.42 bits per heavy atom. The van der Waals surface area contributed by atoms with E-state index in [4.69, 9.17) is 0 Å². The van der Waals surface area contributed by atoms with Crippen molar-refractivity contribution in [2.45, 2.75) is 44.2 Å². The minimum atomic E-state index is -4.12. The second-order valence-corrected chi connectivity index (χ2v) is 13.0. The summed E-state index contributed by atoms with van der Waals surface area (Å²) in [5, 5.41) is 2.96. The SMILES string of the molecule is CCCNC(=O)[C@H](Cc1ccccc1)N(Cc1ccc(Br)cc1)C(=O)CN(c1ccccc1C)S(=O)(=O)c1ccccc1. The summed E-state index contributed by atoms with van der Waals surface area (Å²) in [6, 6.07) is 31.3. The molecule has 0 aliphatic rings. The number of halogens is 1. The molecular formula is C34H36BrN3O4S. The van der Waals surface area contributed by atoms with Crippen LogP contribution in [0.5, 0.6) is 0 Å². The third-order valence-corrected chi connectivity index (χ3v) is 9.38. The van der Waals surface area contributed by atoms with E-state index < -0.39 is 28.5 Å². The summed E-state index contributed by atoms with van der Waals surface area (Å²) in [4.78, 5) is 29.7. The molecule has 0 aliphatic carbocycles. The summed E-state index contributed by atoms with van der Waals surface area (Å²) in [7, 11) is -4.12. The topological polar surface area (TPSA) is 86.8 Å². The third kappa shape index (κ3) is 8.33. The van der Waals surface area contributed by atoms with Crippen molar-refractivity contribution < 1.29 is 18.0 Å². The number of aryl methyl sites for hydroxylation is 1. The lowest BCUT2D eigenvalue weighted by atomic mass is 10.0. The van der Waals surface area contributed by atoms with Crippen LogP contribution in [0.25, 0.3) is 0 Å². The highest BCUT2D eigenvalue weighted by Gasteiger charge is 2.34.